The molecule has 4 nitrogen and oxygen atoms in total. The average molecular weight is 400 g/mol. The van der Waals surface area contributed by atoms with E-state index >= 15 is 0 Å². The van der Waals surface area contributed by atoms with Crippen molar-refractivity contribution < 1.29 is 4.79 Å². The number of pyridine rings is 1. The van der Waals surface area contributed by atoms with Crippen molar-refractivity contribution in [1.29, 1.82) is 0 Å². The van der Waals surface area contributed by atoms with E-state index in [4.69, 9.17) is 0 Å². The minimum absolute atomic E-state index is 0.0785. The Kier molecular flexibility index (Phi) is 5.77. The first-order chi connectivity index (χ1) is 14.2. The minimum Gasteiger partial charge on any atom is -0.343 e. The largest absolute Gasteiger partial charge is 0.343 e. The molecule has 1 unspecified atom stereocenters. The van der Waals surface area contributed by atoms with Gasteiger partial charge >= 0.3 is 0 Å². The third kappa shape index (κ3) is 4.76. The Hall–Kier alpha value is -3.31. The molecule has 0 saturated heterocycles. The smallest absolute Gasteiger partial charge is 0.226 e. The van der Waals surface area contributed by atoms with Crippen molar-refractivity contribution in [2.45, 2.75) is 19.4 Å². The van der Waals surface area contributed by atoms with Gasteiger partial charge < -0.3 is 5.32 Å². The molecule has 0 radical (unpaired) electrons. The molecule has 4 rings (SSSR count). The molecule has 1 N–H and O–H groups in total. The molecule has 2 aromatic carbocycles. The van der Waals surface area contributed by atoms with Crippen molar-refractivity contribution in [3.8, 4) is 10.6 Å². The summed E-state index contributed by atoms with van der Waals surface area (Å²) in [6.45, 7) is 2.06. The Morgan fingerprint density at radius 1 is 1.00 bits per heavy atom. The highest BCUT2D eigenvalue weighted by atomic mass is 32.1. The summed E-state index contributed by atoms with van der Waals surface area (Å²) >= 11 is 1.56. The molecule has 2 aromatic heterocycles. The number of rotatable bonds is 6. The number of hydrogen-bond acceptors (Lipinski definition) is 4. The molecule has 1 amide bonds. The molecule has 2 heterocycles. The van der Waals surface area contributed by atoms with Crippen LogP contribution in [-0.4, -0.2) is 15.9 Å². The zero-order valence-corrected chi connectivity index (χ0v) is 16.9. The van der Waals surface area contributed by atoms with E-state index in [2.05, 4.69) is 46.5 Å². The molecule has 5 heteroatoms. The van der Waals surface area contributed by atoms with Crippen molar-refractivity contribution in [2.24, 2.45) is 0 Å². The van der Waals surface area contributed by atoms with Crippen LogP contribution >= 0.6 is 11.3 Å². The van der Waals surface area contributed by atoms with Crippen molar-refractivity contribution in [2.75, 3.05) is 0 Å². The summed E-state index contributed by atoms with van der Waals surface area (Å²) in [6.07, 6.45) is 1.98. The highest BCUT2D eigenvalue weighted by molar-refractivity contribution is 7.13. The first-order valence-corrected chi connectivity index (χ1v) is 10.3. The van der Waals surface area contributed by atoms with Crippen LogP contribution in [0.5, 0.6) is 0 Å². The normalized spacial score (nSPS) is 11.8. The van der Waals surface area contributed by atoms with Crippen LogP contribution in [0.2, 0.25) is 0 Å². The summed E-state index contributed by atoms with van der Waals surface area (Å²) in [6, 6.07) is 23.6. The first-order valence-electron chi connectivity index (χ1n) is 9.46. The lowest BCUT2D eigenvalue weighted by atomic mass is 10.0. The third-order valence-corrected chi connectivity index (χ3v) is 5.55. The molecule has 0 spiro atoms. The lowest BCUT2D eigenvalue weighted by Gasteiger charge is -2.18. The molecule has 0 aliphatic heterocycles. The van der Waals surface area contributed by atoms with E-state index in [1.807, 2.05) is 53.9 Å². The summed E-state index contributed by atoms with van der Waals surface area (Å²) in [5, 5.41) is 6.00. The van der Waals surface area contributed by atoms with Gasteiger partial charge in [0.2, 0.25) is 5.91 Å². The quantitative estimate of drug-likeness (QED) is 0.498. The fraction of sp³-hybridized carbons (Fsp3) is 0.125. The van der Waals surface area contributed by atoms with Crippen LogP contribution in [0, 0.1) is 6.92 Å². The molecular formula is C24H21N3OS. The number of carbonyl (C=O) groups excluding carboxylic acids is 1. The number of aryl methyl sites for hydroxylation is 1. The Morgan fingerprint density at radius 3 is 2.48 bits per heavy atom. The van der Waals surface area contributed by atoms with E-state index in [-0.39, 0.29) is 18.4 Å². The van der Waals surface area contributed by atoms with E-state index in [0.717, 1.165) is 27.5 Å². The summed E-state index contributed by atoms with van der Waals surface area (Å²) < 4.78 is 0. The molecule has 1 atom stereocenters. The second-order valence-electron chi connectivity index (χ2n) is 6.85. The topological polar surface area (TPSA) is 54.9 Å². The van der Waals surface area contributed by atoms with Gasteiger partial charge in [0.15, 0.2) is 0 Å². The maximum Gasteiger partial charge on any atom is 0.226 e. The summed E-state index contributed by atoms with van der Waals surface area (Å²) in [4.78, 5) is 21.9. The number of thiazole rings is 1. The van der Waals surface area contributed by atoms with Gasteiger partial charge in [0.05, 0.1) is 23.9 Å². The summed E-state index contributed by atoms with van der Waals surface area (Å²) in [5.74, 6) is -0.0785. The van der Waals surface area contributed by atoms with Crippen LogP contribution in [-0.2, 0) is 11.2 Å². The molecule has 0 bridgehead atoms. The van der Waals surface area contributed by atoms with Gasteiger partial charge in [-0.2, -0.15) is 0 Å². The average Bonchev–Trinajstić information content (AvgIpc) is 3.22. The lowest BCUT2D eigenvalue weighted by Crippen LogP contribution is -2.31. The number of nitrogens with zero attached hydrogens (tertiary/aromatic N) is 2. The van der Waals surface area contributed by atoms with Gasteiger partial charge in [-0.3, -0.25) is 9.78 Å². The highest BCUT2D eigenvalue weighted by Gasteiger charge is 2.18. The zero-order valence-electron chi connectivity index (χ0n) is 16.1. The van der Waals surface area contributed by atoms with E-state index < -0.39 is 0 Å². The zero-order chi connectivity index (χ0) is 20.1. The Bertz CT molecular complexity index is 1040. The van der Waals surface area contributed by atoms with Crippen LogP contribution in [0.15, 0.2) is 84.4 Å². The maximum absolute atomic E-state index is 12.8. The number of nitrogens with one attached hydrogen (secondary N) is 1. The van der Waals surface area contributed by atoms with Crippen LogP contribution < -0.4 is 5.32 Å². The number of amides is 1. The molecular weight excluding hydrogens is 378 g/mol. The Labute approximate surface area is 174 Å². The number of aromatic nitrogens is 2. The van der Waals surface area contributed by atoms with Gasteiger partial charge in [0, 0.05) is 17.1 Å². The molecule has 0 saturated carbocycles. The second kappa shape index (κ2) is 8.80. The van der Waals surface area contributed by atoms with E-state index in [1.54, 1.807) is 17.5 Å². The monoisotopic (exact) mass is 399 g/mol. The van der Waals surface area contributed by atoms with Gasteiger partial charge in [0.1, 0.15) is 5.01 Å². The Morgan fingerprint density at radius 2 is 1.76 bits per heavy atom. The van der Waals surface area contributed by atoms with E-state index in [0.29, 0.717) is 0 Å². The van der Waals surface area contributed by atoms with Gasteiger partial charge in [-0.25, -0.2) is 4.98 Å². The highest BCUT2D eigenvalue weighted by Crippen LogP contribution is 2.25. The van der Waals surface area contributed by atoms with E-state index in [1.165, 1.54) is 5.56 Å². The van der Waals surface area contributed by atoms with Crippen molar-refractivity contribution in [3.63, 3.8) is 0 Å². The molecule has 0 fully saturated rings. The second-order valence-corrected chi connectivity index (χ2v) is 7.71. The van der Waals surface area contributed by atoms with Crippen LogP contribution in [0.3, 0.4) is 0 Å². The minimum atomic E-state index is -0.292. The van der Waals surface area contributed by atoms with Crippen LogP contribution in [0.25, 0.3) is 10.6 Å². The molecule has 0 aliphatic rings. The predicted octanol–water partition coefficient (Wildman–Crippen LogP) is 4.96. The van der Waals surface area contributed by atoms with Gasteiger partial charge in [-0.05, 0) is 24.6 Å². The third-order valence-electron chi connectivity index (χ3n) is 4.61. The fourth-order valence-corrected chi connectivity index (χ4v) is 3.94. The molecule has 4 aromatic rings. The van der Waals surface area contributed by atoms with Crippen LogP contribution in [0.4, 0.5) is 0 Å². The summed E-state index contributed by atoms with van der Waals surface area (Å²) in [5.41, 5.74) is 4.87. The molecule has 29 heavy (non-hydrogen) atoms. The number of hydrogen-bond donors (Lipinski definition) is 1. The first kappa shape index (κ1) is 19.0. The van der Waals surface area contributed by atoms with Crippen molar-refractivity contribution >= 4 is 17.2 Å². The van der Waals surface area contributed by atoms with Crippen LogP contribution in [0.1, 0.15) is 28.6 Å². The number of carbonyl (C=O) groups is 1. The van der Waals surface area contributed by atoms with Crippen molar-refractivity contribution in [1.82, 2.24) is 15.3 Å². The fourth-order valence-electron chi connectivity index (χ4n) is 3.11. The SMILES string of the molecule is Cc1ccc(-c2nc(CC(=O)NC(c3ccccc3)c3ccccn3)cs2)cc1. The van der Waals surface area contributed by atoms with Gasteiger partial charge in [0.25, 0.3) is 0 Å². The maximum atomic E-state index is 12.8. The number of benzene rings is 2. The molecule has 144 valence electrons. The van der Waals surface area contributed by atoms with Gasteiger partial charge in [-0.1, -0.05) is 66.2 Å². The predicted molar refractivity (Wildman–Crippen MR) is 117 cm³/mol. The van der Waals surface area contributed by atoms with Crippen molar-refractivity contribution in [3.05, 3.63) is 107 Å². The summed E-state index contributed by atoms with van der Waals surface area (Å²) in [7, 11) is 0. The Balaban J connectivity index is 1.49. The molecule has 0 aliphatic carbocycles. The lowest BCUT2D eigenvalue weighted by molar-refractivity contribution is -0.121. The van der Waals surface area contributed by atoms with E-state index in [9.17, 15) is 4.79 Å². The standard InChI is InChI=1S/C24H21N3OS/c1-17-10-12-19(13-11-17)24-26-20(16-29-24)15-22(28)27-23(18-7-3-2-4-8-18)21-9-5-6-14-25-21/h2-14,16,23H,15H2,1H3,(H,27,28). The van der Waals surface area contributed by atoms with Gasteiger partial charge in [-0.15, -0.1) is 11.3 Å².